The fourth-order valence-corrected chi connectivity index (χ4v) is 5.35. The maximum Gasteiger partial charge on any atom is 0.191 e. The average molecular weight is 578 g/mol. The van der Waals surface area contributed by atoms with Gasteiger partial charge in [-0.1, -0.05) is 54.1 Å². The summed E-state index contributed by atoms with van der Waals surface area (Å²) in [6, 6.07) is 17.6. The Morgan fingerprint density at radius 3 is 2.44 bits per heavy atom. The lowest BCUT2D eigenvalue weighted by molar-refractivity contribution is -0.0265. The van der Waals surface area contributed by atoms with Crippen molar-refractivity contribution in [2.75, 3.05) is 40.0 Å². The largest absolute Gasteiger partial charge is 0.381 e. The molecule has 5 nitrogen and oxygen atoms in total. The van der Waals surface area contributed by atoms with Crippen molar-refractivity contribution in [3.8, 4) is 0 Å². The minimum atomic E-state index is 0. The number of nitrogens with zero attached hydrogens (tertiary/aromatic N) is 1. The van der Waals surface area contributed by atoms with E-state index in [1.807, 2.05) is 7.05 Å². The number of rotatable bonds is 6. The van der Waals surface area contributed by atoms with Crippen molar-refractivity contribution in [2.24, 2.45) is 10.9 Å². The Balaban J connectivity index is 0.00000324. The van der Waals surface area contributed by atoms with Crippen LogP contribution in [0.2, 0.25) is 0 Å². The van der Waals surface area contributed by atoms with Crippen LogP contribution in [0.5, 0.6) is 0 Å². The summed E-state index contributed by atoms with van der Waals surface area (Å²) < 4.78 is 11.9. The van der Waals surface area contributed by atoms with E-state index >= 15 is 0 Å². The van der Waals surface area contributed by atoms with Crippen molar-refractivity contribution in [3.05, 3.63) is 70.8 Å². The lowest BCUT2D eigenvalue weighted by atomic mass is 9.72. The number of aryl methyl sites for hydroxylation is 2. The highest BCUT2D eigenvalue weighted by Gasteiger charge is 2.36. The Kier molecular flexibility index (Phi) is 10.2. The first-order valence-electron chi connectivity index (χ1n) is 12.4. The van der Waals surface area contributed by atoms with Gasteiger partial charge in [0, 0.05) is 51.3 Å². The molecule has 34 heavy (non-hydrogen) atoms. The molecule has 0 spiro atoms. The summed E-state index contributed by atoms with van der Waals surface area (Å²) in [4.78, 5) is 4.54. The van der Waals surface area contributed by atoms with Crippen molar-refractivity contribution in [1.29, 1.82) is 0 Å². The first-order chi connectivity index (χ1) is 16.1. The van der Waals surface area contributed by atoms with Crippen LogP contribution >= 0.6 is 24.0 Å². The highest BCUT2D eigenvalue weighted by atomic mass is 127. The van der Waals surface area contributed by atoms with Crippen molar-refractivity contribution >= 4 is 29.9 Å². The van der Waals surface area contributed by atoms with E-state index in [-0.39, 0.29) is 35.5 Å². The van der Waals surface area contributed by atoms with E-state index in [0.29, 0.717) is 5.92 Å². The monoisotopic (exact) mass is 577 g/mol. The van der Waals surface area contributed by atoms with Gasteiger partial charge in [-0.15, -0.1) is 24.0 Å². The van der Waals surface area contributed by atoms with Gasteiger partial charge in [0.2, 0.25) is 0 Å². The fourth-order valence-electron chi connectivity index (χ4n) is 5.35. The SMILES string of the molecule is CN=C(NCC1CCCOC1c1ccc(C)cc1)NCC1(c2ccccc2C)CCOCC1.I. The number of ether oxygens (including phenoxy) is 2. The van der Waals surface area contributed by atoms with Crippen LogP contribution in [-0.2, 0) is 14.9 Å². The molecule has 4 rings (SSSR count). The second kappa shape index (κ2) is 12.9. The molecule has 0 bridgehead atoms. The van der Waals surface area contributed by atoms with Gasteiger partial charge in [0.15, 0.2) is 5.96 Å². The molecule has 0 saturated carbocycles. The normalized spacial score (nSPS) is 22.5. The number of halogens is 1. The van der Waals surface area contributed by atoms with Gasteiger partial charge in [-0.25, -0.2) is 0 Å². The molecular formula is C28H40IN3O2. The zero-order valence-electron chi connectivity index (χ0n) is 20.8. The topological polar surface area (TPSA) is 54.9 Å². The maximum absolute atomic E-state index is 6.21. The first-order valence-corrected chi connectivity index (χ1v) is 12.4. The molecule has 0 aromatic heterocycles. The summed E-state index contributed by atoms with van der Waals surface area (Å²) in [5.41, 5.74) is 5.40. The molecular weight excluding hydrogens is 537 g/mol. The lowest BCUT2D eigenvalue weighted by Crippen LogP contribution is -2.49. The third kappa shape index (κ3) is 6.52. The van der Waals surface area contributed by atoms with Crippen LogP contribution in [-0.4, -0.2) is 45.9 Å². The molecule has 2 heterocycles. The zero-order valence-corrected chi connectivity index (χ0v) is 23.1. The molecule has 2 saturated heterocycles. The number of aliphatic imine (C=N–C) groups is 1. The van der Waals surface area contributed by atoms with Gasteiger partial charge in [-0.05, 0) is 56.2 Å². The number of hydrogen-bond acceptors (Lipinski definition) is 3. The number of hydrogen-bond donors (Lipinski definition) is 2. The Bertz CT molecular complexity index is 926. The maximum atomic E-state index is 6.21. The van der Waals surface area contributed by atoms with Crippen LogP contribution in [0.1, 0.15) is 54.0 Å². The summed E-state index contributed by atoms with van der Waals surface area (Å²) >= 11 is 0. The van der Waals surface area contributed by atoms with Gasteiger partial charge in [-0.3, -0.25) is 4.99 Å². The van der Waals surface area contributed by atoms with Crippen LogP contribution < -0.4 is 10.6 Å². The van der Waals surface area contributed by atoms with Crippen LogP contribution in [0, 0.1) is 19.8 Å². The summed E-state index contributed by atoms with van der Waals surface area (Å²) in [6.07, 6.45) is 4.45. The first kappa shape index (κ1) is 27.0. The fraction of sp³-hybridized carbons (Fsp3) is 0.536. The predicted octanol–water partition coefficient (Wildman–Crippen LogP) is 5.30. The molecule has 2 aliphatic heterocycles. The zero-order chi connectivity index (χ0) is 23.1. The van der Waals surface area contributed by atoms with E-state index in [2.05, 4.69) is 78.0 Å². The van der Waals surface area contributed by atoms with Crippen LogP contribution in [0.3, 0.4) is 0 Å². The van der Waals surface area contributed by atoms with Gasteiger partial charge in [-0.2, -0.15) is 0 Å². The third-order valence-corrected chi connectivity index (χ3v) is 7.37. The minimum Gasteiger partial charge on any atom is -0.381 e. The predicted molar refractivity (Wildman–Crippen MR) is 150 cm³/mol. The van der Waals surface area contributed by atoms with Crippen molar-refractivity contribution < 1.29 is 9.47 Å². The molecule has 186 valence electrons. The van der Waals surface area contributed by atoms with Gasteiger partial charge < -0.3 is 20.1 Å². The van der Waals surface area contributed by atoms with Crippen LogP contribution in [0.4, 0.5) is 0 Å². The Morgan fingerprint density at radius 1 is 1.00 bits per heavy atom. The van der Waals surface area contributed by atoms with Gasteiger partial charge in [0.25, 0.3) is 0 Å². The van der Waals surface area contributed by atoms with Gasteiger partial charge in [0.05, 0.1) is 6.10 Å². The molecule has 2 aliphatic rings. The Morgan fingerprint density at radius 2 is 1.74 bits per heavy atom. The number of guanidine groups is 1. The van der Waals surface area contributed by atoms with Crippen molar-refractivity contribution in [1.82, 2.24) is 10.6 Å². The van der Waals surface area contributed by atoms with E-state index in [9.17, 15) is 0 Å². The molecule has 0 amide bonds. The quantitative estimate of drug-likeness (QED) is 0.278. The third-order valence-electron chi connectivity index (χ3n) is 7.37. The molecule has 2 aromatic carbocycles. The minimum absolute atomic E-state index is 0. The molecule has 2 unspecified atom stereocenters. The molecule has 2 fully saturated rings. The molecule has 2 aromatic rings. The lowest BCUT2D eigenvalue weighted by Gasteiger charge is -2.39. The molecule has 2 N–H and O–H groups in total. The van der Waals surface area contributed by atoms with Gasteiger partial charge in [0.1, 0.15) is 0 Å². The van der Waals surface area contributed by atoms with Gasteiger partial charge >= 0.3 is 0 Å². The van der Waals surface area contributed by atoms with E-state index in [4.69, 9.17) is 9.47 Å². The summed E-state index contributed by atoms with van der Waals surface area (Å²) in [6.45, 7) is 8.49. The standard InChI is InChI=1S/C28H39N3O2.HI/c1-21-10-12-23(13-11-21)26-24(8-6-16-33-26)19-30-27(29-3)31-20-28(14-17-32-18-15-28)25-9-5-4-7-22(25)2;/h4-5,7,9-13,24,26H,6,8,14-20H2,1-3H3,(H2,29,30,31);1H. The van der Waals surface area contributed by atoms with Crippen molar-refractivity contribution in [3.63, 3.8) is 0 Å². The number of benzene rings is 2. The highest BCUT2D eigenvalue weighted by molar-refractivity contribution is 14.0. The smallest absolute Gasteiger partial charge is 0.191 e. The Hall–Kier alpha value is -1.64. The summed E-state index contributed by atoms with van der Waals surface area (Å²) in [5, 5.41) is 7.25. The summed E-state index contributed by atoms with van der Waals surface area (Å²) in [5.74, 6) is 1.29. The molecule has 6 heteroatoms. The average Bonchev–Trinajstić information content (AvgIpc) is 2.86. The number of nitrogens with one attached hydrogen (secondary N) is 2. The van der Waals surface area contributed by atoms with E-state index in [1.54, 1.807) is 0 Å². The van der Waals surface area contributed by atoms with Crippen LogP contribution in [0.25, 0.3) is 0 Å². The molecule has 2 atom stereocenters. The second-order valence-electron chi connectivity index (χ2n) is 9.62. The molecule has 0 aliphatic carbocycles. The van der Waals surface area contributed by atoms with Crippen molar-refractivity contribution in [2.45, 2.75) is 51.0 Å². The second-order valence-corrected chi connectivity index (χ2v) is 9.62. The summed E-state index contributed by atoms with van der Waals surface area (Å²) in [7, 11) is 1.86. The van der Waals surface area contributed by atoms with E-state index < -0.39 is 0 Å². The van der Waals surface area contributed by atoms with E-state index in [1.165, 1.54) is 22.3 Å². The molecule has 0 radical (unpaired) electrons. The Labute approximate surface area is 222 Å². The van der Waals surface area contributed by atoms with E-state index in [0.717, 1.165) is 64.6 Å². The van der Waals surface area contributed by atoms with Crippen LogP contribution in [0.15, 0.2) is 53.5 Å². The highest BCUT2D eigenvalue weighted by Crippen LogP contribution is 2.36.